The molecule has 0 saturated heterocycles. The van der Waals surface area contributed by atoms with Gasteiger partial charge in [-0.1, -0.05) is 23.7 Å². The van der Waals surface area contributed by atoms with E-state index in [1.807, 2.05) is 6.07 Å². The maximum absolute atomic E-state index is 13.5. The van der Waals surface area contributed by atoms with E-state index in [4.69, 9.17) is 11.6 Å². The second-order valence-electron chi connectivity index (χ2n) is 5.20. The van der Waals surface area contributed by atoms with Crippen LogP contribution in [-0.2, 0) is 11.3 Å². The summed E-state index contributed by atoms with van der Waals surface area (Å²) in [5.74, 6) is -2.15. The number of benzene rings is 2. The van der Waals surface area contributed by atoms with Crippen LogP contribution in [0.3, 0.4) is 0 Å². The van der Waals surface area contributed by atoms with Crippen molar-refractivity contribution in [1.82, 2.24) is 0 Å². The van der Waals surface area contributed by atoms with E-state index < -0.39 is 17.7 Å². The summed E-state index contributed by atoms with van der Waals surface area (Å²) in [5, 5.41) is 3.44. The summed E-state index contributed by atoms with van der Waals surface area (Å²) in [4.78, 5) is 13.8. The average Bonchev–Trinajstić information content (AvgIpc) is 2.46. The first-order valence-corrected chi connectivity index (χ1v) is 7.15. The van der Waals surface area contributed by atoms with Crippen LogP contribution in [0.5, 0.6) is 0 Å². The third kappa shape index (κ3) is 2.64. The maximum Gasteiger partial charge on any atom is 0.249 e. The Morgan fingerprint density at radius 2 is 1.95 bits per heavy atom. The molecule has 2 aromatic rings. The average molecular weight is 323 g/mol. The summed E-state index contributed by atoms with van der Waals surface area (Å²) in [5.41, 5.74) is 1.53. The molecule has 1 N–H and O–H groups in total. The number of rotatable bonds is 2. The van der Waals surface area contributed by atoms with E-state index in [1.54, 1.807) is 25.1 Å². The van der Waals surface area contributed by atoms with Crippen molar-refractivity contribution in [1.29, 1.82) is 0 Å². The van der Waals surface area contributed by atoms with Crippen molar-refractivity contribution in [3.05, 3.63) is 58.6 Å². The molecule has 1 amide bonds. The Morgan fingerprint density at radius 3 is 2.68 bits per heavy atom. The largest absolute Gasteiger partial charge is 0.372 e. The molecule has 114 valence electrons. The molecular weight excluding hydrogens is 310 g/mol. The lowest BCUT2D eigenvalue weighted by atomic mass is 10.1. The van der Waals surface area contributed by atoms with Crippen LogP contribution in [0, 0.1) is 11.6 Å². The standard InChI is InChI=1S/C16H13ClF2N2O/c1-9-16(22)21(8-10-3-2-4-11(17)5-10)15-7-13(19)12(18)6-14(15)20-9/h2-7,9,20H,8H2,1H3. The summed E-state index contributed by atoms with van der Waals surface area (Å²) < 4.78 is 26.9. The van der Waals surface area contributed by atoms with E-state index >= 15 is 0 Å². The lowest BCUT2D eigenvalue weighted by Crippen LogP contribution is -2.45. The van der Waals surface area contributed by atoms with Crippen LogP contribution in [0.1, 0.15) is 12.5 Å². The van der Waals surface area contributed by atoms with Gasteiger partial charge in [0, 0.05) is 17.2 Å². The van der Waals surface area contributed by atoms with Crippen molar-refractivity contribution in [2.75, 3.05) is 10.2 Å². The number of amides is 1. The van der Waals surface area contributed by atoms with Crippen LogP contribution in [0.25, 0.3) is 0 Å². The van der Waals surface area contributed by atoms with Crippen LogP contribution in [0.4, 0.5) is 20.2 Å². The van der Waals surface area contributed by atoms with E-state index in [-0.39, 0.29) is 12.5 Å². The second-order valence-corrected chi connectivity index (χ2v) is 5.64. The van der Waals surface area contributed by atoms with E-state index in [0.717, 1.165) is 17.7 Å². The summed E-state index contributed by atoms with van der Waals surface area (Å²) in [6.45, 7) is 1.92. The molecule has 1 atom stereocenters. The smallest absolute Gasteiger partial charge is 0.249 e. The predicted octanol–water partition coefficient (Wildman–Crippen LogP) is 3.97. The van der Waals surface area contributed by atoms with E-state index in [2.05, 4.69) is 5.32 Å². The van der Waals surface area contributed by atoms with E-state index in [0.29, 0.717) is 16.4 Å². The molecule has 0 bridgehead atoms. The Morgan fingerprint density at radius 1 is 1.23 bits per heavy atom. The van der Waals surface area contributed by atoms with Gasteiger partial charge in [-0.2, -0.15) is 0 Å². The molecule has 0 radical (unpaired) electrons. The van der Waals surface area contributed by atoms with Gasteiger partial charge in [-0.25, -0.2) is 8.78 Å². The minimum atomic E-state index is -0.987. The zero-order valence-electron chi connectivity index (χ0n) is 11.7. The zero-order chi connectivity index (χ0) is 15.9. The molecule has 0 fully saturated rings. The third-order valence-electron chi connectivity index (χ3n) is 3.57. The highest BCUT2D eigenvalue weighted by atomic mass is 35.5. The first kappa shape index (κ1) is 14.8. The van der Waals surface area contributed by atoms with Crippen molar-refractivity contribution in [2.45, 2.75) is 19.5 Å². The van der Waals surface area contributed by atoms with Gasteiger partial charge >= 0.3 is 0 Å². The topological polar surface area (TPSA) is 32.3 Å². The molecule has 0 aliphatic carbocycles. The minimum absolute atomic E-state index is 0.210. The quantitative estimate of drug-likeness (QED) is 0.907. The Kier molecular flexibility index (Phi) is 3.74. The molecule has 3 rings (SSSR count). The molecule has 1 unspecified atom stereocenters. The van der Waals surface area contributed by atoms with Gasteiger partial charge in [0.15, 0.2) is 11.6 Å². The molecule has 0 saturated carbocycles. The first-order valence-electron chi connectivity index (χ1n) is 6.77. The highest BCUT2D eigenvalue weighted by Crippen LogP contribution is 2.34. The lowest BCUT2D eigenvalue weighted by Gasteiger charge is -2.34. The monoisotopic (exact) mass is 322 g/mol. The van der Waals surface area contributed by atoms with Crippen molar-refractivity contribution >= 4 is 28.9 Å². The van der Waals surface area contributed by atoms with Crippen LogP contribution in [0.15, 0.2) is 36.4 Å². The number of nitrogens with zero attached hydrogens (tertiary/aromatic N) is 1. The van der Waals surface area contributed by atoms with E-state index in [1.165, 1.54) is 4.90 Å². The van der Waals surface area contributed by atoms with Crippen molar-refractivity contribution < 1.29 is 13.6 Å². The molecular formula is C16H13ClF2N2O. The number of halogens is 3. The predicted molar refractivity (Wildman–Crippen MR) is 82.1 cm³/mol. The molecule has 1 heterocycles. The summed E-state index contributed by atoms with van der Waals surface area (Å²) >= 11 is 5.95. The molecule has 3 nitrogen and oxygen atoms in total. The maximum atomic E-state index is 13.5. The normalized spacial score (nSPS) is 17.2. The van der Waals surface area contributed by atoms with Gasteiger partial charge in [0.05, 0.1) is 17.9 Å². The fourth-order valence-electron chi connectivity index (χ4n) is 2.50. The lowest BCUT2D eigenvalue weighted by molar-refractivity contribution is -0.119. The first-order chi connectivity index (χ1) is 10.5. The molecule has 0 spiro atoms. The van der Waals surface area contributed by atoms with Crippen LogP contribution in [-0.4, -0.2) is 11.9 Å². The SMILES string of the molecule is CC1Nc2cc(F)c(F)cc2N(Cc2cccc(Cl)c2)C1=O. The number of hydrogen-bond donors (Lipinski definition) is 1. The number of carbonyl (C=O) groups excluding carboxylic acids is 1. The number of fused-ring (bicyclic) bond motifs is 1. The highest BCUT2D eigenvalue weighted by Gasteiger charge is 2.30. The summed E-state index contributed by atoms with van der Waals surface area (Å²) in [6.07, 6.45) is 0. The van der Waals surface area contributed by atoms with Gasteiger partial charge < -0.3 is 10.2 Å². The Bertz CT molecular complexity index is 751. The van der Waals surface area contributed by atoms with Gasteiger partial charge in [-0.15, -0.1) is 0 Å². The third-order valence-corrected chi connectivity index (χ3v) is 3.80. The minimum Gasteiger partial charge on any atom is -0.372 e. The highest BCUT2D eigenvalue weighted by molar-refractivity contribution is 6.30. The molecule has 22 heavy (non-hydrogen) atoms. The van der Waals surface area contributed by atoms with E-state index in [9.17, 15) is 13.6 Å². The van der Waals surface area contributed by atoms with Gasteiger partial charge in [0.25, 0.3) is 0 Å². The molecule has 1 aliphatic rings. The molecule has 2 aromatic carbocycles. The Hall–Kier alpha value is -2.14. The van der Waals surface area contributed by atoms with Gasteiger partial charge in [0.1, 0.15) is 6.04 Å². The number of hydrogen-bond acceptors (Lipinski definition) is 2. The Labute approximate surface area is 131 Å². The fourth-order valence-corrected chi connectivity index (χ4v) is 2.72. The number of nitrogens with one attached hydrogen (secondary N) is 1. The van der Waals surface area contributed by atoms with Crippen molar-refractivity contribution in [3.63, 3.8) is 0 Å². The molecule has 6 heteroatoms. The van der Waals surface area contributed by atoms with Gasteiger partial charge in [0.2, 0.25) is 5.91 Å². The second kappa shape index (κ2) is 5.57. The summed E-state index contributed by atoms with van der Waals surface area (Å²) in [7, 11) is 0. The number of carbonyl (C=O) groups is 1. The van der Waals surface area contributed by atoms with Gasteiger partial charge in [-0.3, -0.25) is 4.79 Å². The fraction of sp³-hybridized carbons (Fsp3) is 0.188. The zero-order valence-corrected chi connectivity index (χ0v) is 12.5. The Balaban J connectivity index is 2.03. The number of anilines is 2. The van der Waals surface area contributed by atoms with Gasteiger partial charge in [-0.05, 0) is 24.6 Å². The van der Waals surface area contributed by atoms with Crippen LogP contribution in [0.2, 0.25) is 5.02 Å². The van der Waals surface area contributed by atoms with Crippen molar-refractivity contribution in [3.8, 4) is 0 Å². The molecule has 0 aromatic heterocycles. The molecule has 1 aliphatic heterocycles. The summed E-state index contributed by atoms with van der Waals surface area (Å²) in [6, 6.07) is 8.66. The van der Waals surface area contributed by atoms with Crippen LogP contribution >= 0.6 is 11.6 Å². The van der Waals surface area contributed by atoms with Crippen LogP contribution < -0.4 is 10.2 Å². The van der Waals surface area contributed by atoms with Crippen molar-refractivity contribution in [2.24, 2.45) is 0 Å².